The quantitative estimate of drug-likeness (QED) is 0.615. The highest BCUT2D eigenvalue weighted by molar-refractivity contribution is 7.15. The van der Waals surface area contributed by atoms with Crippen molar-refractivity contribution in [1.29, 1.82) is 0 Å². The Balaban J connectivity index is 1.68. The lowest BCUT2D eigenvalue weighted by molar-refractivity contribution is -0.116. The summed E-state index contributed by atoms with van der Waals surface area (Å²) in [4.78, 5) is 11.9. The van der Waals surface area contributed by atoms with Gasteiger partial charge in [0.05, 0.1) is 11.6 Å². The van der Waals surface area contributed by atoms with Crippen LogP contribution in [0.4, 0.5) is 5.13 Å². The second-order valence-corrected chi connectivity index (χ2v) is 7.09. The smallest absolute Gasteiger partial charge is 0.226 e. The van der Waals surface area contributed by atoms with E-state index in [1.165, 1.54) is 11.3 Å². The van der Waals surface area contributed by atoms with Crippen LogP contribution in [0.25, 0.3) is 0 Å². The molecule has 1 aromatic heterocycles. The maximum Gasteiger partial charge on any atom is 0.226 e. The lowest BCUT2D eigenvalue weighted by Crippen LogP contribution is -2.12. The molecule has 1 heterocycles. The molecule has 0 saturated carbocycles. The van der Waals surface area contributed by atoms with Gasteiger partial charge in [-0.1, -0.05) is 47.9 Å². The van der Waals surface area contributed by atoms with Gasteiger partial charge in [0.2, 0.25) is 11.0 Å². The van der Waals surface area contributed by atoms with Gasteiger partial charge in [0.25, 0.3) is 0 Å². The average Bonchev–Trinajstić information content (AvgIpc) is 2.98. The standard InChI is InChI=1S/C16H19Cl2N3O2S/c1-2-3-6-15-20-21-16(24-15)19-14(22)5-4-9-23-13-8-7-11(17)10-12(13)18/h7-8,10H,2-6,9H2,1H3,(H,19,21,22). The number of aryl methyl sites for hydroxylation is 1. The number of carbonyl (C=O) groups is 1. The van der Waals surface area contributed by atoms with Crippen molar-refractivity contribution >= 4 is 45.6 Å². The molecule has 0 aliphatic rings. The molecule has 0 aliphatic carbocycles. The fraction of sp³-hybridized carbons (Fsp3) is 0.438. The number of carbonyl (C=O) groups excluding carboxylic acids is 1. The highest BCUT2D eigenvalue weighted by Gasteiger charge is 2.08. The number of anilines is 1. The van der Waals surface area contributed by atoms with Crippen LogP contribution in [0.1, 0.15) is 37.6 Å². The maximum atomic E-state index is 11.9. The Hall–Kier alpha value is -1.37. The van der Waals surface area contributed by atoms with E-state index in [-0.39, 0.29) is 5.91 Å². The van der Waals surface area contributed by atoms with Crippen LogP contribution in [0.5, 0.6) is 5.75 Å². The Morgan fingerprint density at radius 2 is 2.12 bits per heavy atom. The highest BCUT2D eigenvalue weighted by Crippen LogP contribution is 2.27. The van der Waals surface area contributed by atoms with Gasteiger partial charge in [0.15, 0.2) is 0 Å². The molecule has 0 bridgehead atoms. The zero-order valence-corrected chi connectivity index (χ0v) is 15.7. The van der Waals surface area contributed by atoms with Crippen LogP contribution in [-0.2, 0) is 11.2 Å². The zero-order valence-electron chi connectivity index (χ0n) is 13.3. The normalized spacial score (nSPS) is 10.6. The minimum Gasteiger partial charge on any atom is -0.492 e. The molecule has 1 amide bonds. The van der Waals surface area contributed by atoms with Crippen molar-refractivity contribution in [2.24, 2.45) is 0 Å². The fourth-order valence-corrected chi connectivity index (χ4v) is 3.18. The van der Waals surface area contributed by atoms with Crippen molar-refractivity contribution in [3.05, 3.63) is 33.3 Å². The Kier molecular flexibility index (Phi) is 7.75. The number of hydrogen-bond donors (Lipinski definition) is 1. The summed E-state index contributed by atoms with van der Waals surface area (Å²) >= 11 is 13.3. The molecule has 0 fully saturated rings. The highest BCUT2D eigenvalue weighted by atomic mass is 35.5. The number of hydrogen-bond acceptors (Lipinski definition) is 5. The third kappa shape index (κ3) is 6.26. The molecule has 2 aromatic rings. The van der Waals surface area contributed by atoms with E-state index in [0.717, 1.165) is 24.3 Å². The van der Waals surface area contributed by atoms with E-state index in [0.29, 0.717) is 40.4 Å². The number of aromatic nitrogens is 2. The van der Waals surface area contributed by atoms with Gasteiger partial charge in [0, 0.05) is 17.9 Å². The van der Waals surface area contributed by atoms with E-state index >= 15 is 0 Å². The Labute approximate surface area is 155 Å². The number of nitrogens with zero attached hydrogens (tertiary/aromatic N) is 2. The van der Waals surface area contributed by atoms with E-state index in [2.05, 4.69) is 22.4 Å². The third-order valence-electron chi connectivity index (χ3n) is 3.16. The van der Waals surface area contributed by atoms with Gasteiger partial charge in [0.1, 0.15) is 10.8 Å². The first-order valence-corrected chi connectivity index (χ1v) is 9.36. The summed E-state index contributed by atoms with van der Waals surface area (Å²) in [6, 6.07) is 5.04. The number of rotatable bonds is 9. The van der Waals surface area contributed by atoms with Crippen molar-refractivity contribution in [3.8, 4) is 5.75 Å². The molecule has 8 heteroatoms. The van der Waals surface area contributed by atoms with Crippen molar-refractivity contribution < 1.29 is 9.53 Å². The average molecular weight is 388 g/mol. The summed E-state index contributed by atoms with van der Waals surface area (Å²) in [5.74, 6) is 0.463. The Bertz CT molecular complexity index is 679. The number of amides is 1. The number of nitrogens with one attached hydrogen (secondary N) is 1. The molecule has 0 aliphatic heterocycles. The fourth-order valence-electron chi connectivity index (χ4n) is 1.92. The van der Waals surface area contributed by atoms with Crippen LogP contribution in [-0.4, -0.2) is 22.7 Å². The first-order valence-electron chi connectivity index (χ1n) is 7.78. The Morgan fingerprint density at radius 1 is 1.29 bits per heavy atom. The number of unbranched alkanes of at least 4 members (excludes halogenated alkanes) is 1. The summed E-state index contributed by atoms with van der Waals surface area (Å²) in [5.41, 5.74) is 0. The minimum atomic E-state index is -0.0982. The van der Waals surface area contributed by atoms with Gasteiger partial charge in [-0.05, 0) is 31.0 Å². The number of halogens is 2. The van der Waals surface area contributed by atoms with Gasteiger partial charge in [-0.3, -0.25) is 4.79 Å². The molecule has 24 heavy (non-hydrogen) atoms. The second-order valence-electron chi connectivity index (χ2n) is 5.18. The van der Waals surface area contributed by atoms with E-state index in [9.17, 15) is 4.79 Å². The first kappa shape index (κ1) is 19.0. The van der Waals surface area contributed by atoms with Gasteiger partial charge in [-0.15, -0.1) is 10.2 Å². The van der Waals surface area contributed by atoms with Crippen LogP contribution in [0.3, 0.4) is 0 Å². The lowest BCUT2D eigenvalue weighted by Gasteiger charge is -2.07. The summed E-state index contributed by atoms with van der Waals surface area (Å²) in [6.45, 7) is 2.52. The van der Waals surface area contributed by atoms with Crippen molar-refractivity contribution in [2.45, 2.75) is 39.0 Å². The van der Waals surface area contributed by atoms with Crippen LogP contribution in [0.2, 0.25) is 10.0 Å². The molecule has 1 aromatic carbocycles. The SMILES string of the molecule is CCCCc1nnc(NC(=O)CCCOc2ccc(Cl)cc2Cl)s1. The van der Waals surface area contributed by atoms with Crippen LogP contribution < -0.4 is 10.1 Å². The number of benzene rings is 1. The van der Waals surface area contributed by atoms with Gasteiger partial charge in [-0.2, -0.15) is 0 Å². The Morgan fingerprint density at radius 3 is 2.88 bits per heavy atom. The lowest BCUT2D eigenvalue weighted by atomic mass is 10.3. The molecule has 0 saturated heterocycles. The van der Waals surface area contributed by atoms with Crippen LogP contribution in [0, 0.1) is 0 Å². The monoisotopic (exact) mass is 387 g/mol. The molecule has 0 radical (unpaired) electrons. The molecule has 0 spiro atoms. The third-order valence-corrected chi connectivity index (χ3v) is 4.59. The van der Waals surface area contributed by atoms with Crippen LogP contribution in [0.15, 0.2) is 18.2 Å². The van der Waals surface area contributed by atoms with E-state index in [4.69, 9.17) is 27.9 Å². The molecule has 1 N–H and O–H groups in total. The topological polar surface area (TPSA) is 64.1 Å². The van der Waals surface area contributed by atoms with E-state index in [1.807, 2.05) is 0 Å². The van der Waals surface area contributed by atoms with E-state index < -0.39 is 0 Å². The molecular formula is C16H19Cl2N3O2S. The van der Waals surface area contributed by atoms with Gasteiger partial charge < -0.3 is 10.1 Å². The number of ether oxygens (including phenoxy) is 1. The molecule has 2 rings (SSSR count). The summed E-state index contributed by atoms with van der Waals surface area (Å²) in [7, 11) is 0. The predicted molar refractivity (Wildman–Crippen MR) is 98.3 cm³/mol. The molecule has 0 unspecified atom stereocenters. The molecular weight excluding hydrogens is 369 g/mol. The summed E-state index contributed by atoms with van der Waals surface area (Å²) < 4.78 is 5.54. The van der Waals surface area contributed by atoms with Crippen LogP contribution >= 0.6 is 34.5 Å². The molecule has 0 atom stereocenters. The van der Waals surface area contributed by atoms with E-state index in [1.54, 1.807) is 18.2 Å². The van der Waals surface area contributed by atoms with Crippen molar-refractivity contribution in [2.75, 3.05) is 11.9 Å². The van der Waals surface area contributed by atoms with Crippen molar-refractivity contribution in [3.63, 3.8) is 0 Å². The largest absolute Gasteiger partial charge is 0.492 e. The first-order chi connectivity index (χ1) is 11.6. The summed E-state index contributed by atoms with van der Waals surface area (Å²) in [5, 5.41) is 13.3. The van der Waals surface area contributed by atoms with Crippen molar-refractivity contribution in [1.82, 2.24) is 10.2 Å². The summed E-state index contributed by atoms with van der Waals surface area (Å²) in [6.07, 6.45) is 4.01. The predicted octanol–water partition coefficient (Wildman–Crippen LogP) is 4.99. The second kappa shape index (κ2) is 9.81. The molecule has 5 nitrogen and oxygen atoms in total. The minimum absolute atomic E-state index is 0.0982. The van der Waals surface area contributed by atoms with Gasteiger partial charge in [-0.25, -0.2) is 0 Å². The maximum absolute atomic E-state index is 11.9. The molecule has 130 valence electrons. The van der Waals surface area contributed by atoms with Gasteiger partial charge >= 0.3 is 0 Å². The zero-order chi connectivity index (χ0) is 17.4.